The molecule has 2 aromatic carbocycles. The van der Waals surface area contributed by atoms with Crippen LogP contribution in [0.4, 0.5) is 0 Å². The summed E-state index contributed by atoms with van der Waals surface area (Å²) in [6.45, 7) is 7.31. The van der Waals surface area contributed by atoms with Gasteiger partial charge in [-0.05, 0) is 54.8 Å². The van der Waals surface area contributed by atoms with Crippen molar-refractivity contribution in [2.45, 2.75) is 45.7 Å². The largest absolute Gasteiger partial charge is 0.0625 e. The topological polar surface area (TPSA) is 0 Å². The Hall–Kier alpha value is -1.13. The molecule has 0 amide bonds. The van der Waals surface area contributed by atoms with Crippen LogP contribution in [-0.2, 0) is 0 Å². The van der Waals surface area contributed by atoms with E-state index in [1.165, 1.54) is 19.3 Å². The van der Waals surface area contributed by atoms with E-state index in [0.29, 0.717) is 0 Å². The lowest BCUT2D eigenvalue weighted by molar-refractivity contribution is 0.242. The van der Waals surface area contributed by atoms with Crippen LogP contribution >= 0.6 is 7.92 Å². The van der Waals surface area contributed by atoms with Crippen molar-refractivity contribution in [1.82, 2.24) is 0 Å². The molecule has 23 heavy (non-hydrogen) atoms. The minimum Gasteiger partial charge on any atom is -0.0625 e. The zero-order valence-corrected chi connectivity index (χ0v) is 15.5. The lowest BCUT2D eigenvalue weighted by Crippen LogP contribution is -2.35. The quantitative estimate of drug-likeness (QED) is 0.644. The Bertz CT molecular complexity index is 550. The summed E-state index contributed by atoms with van der Waals surface area (Å²) in [4.78, 5) is 0. The van der Waals surface area contributed by atoms with Gasteiger partial charge in [0.1, 0.15) is 0 Å². The third-order valence-corrected chi connectivity index (χ3v) is 8.35. The summed E-state index contributed by atoms with van der Waals surface area (Å²) < 4.78 is 0. The van der Waals surface area contributed by atoms with Crippen LogP contribution in [0.15, 0.2) is 60.7 Å². The van der Waals surface area contributed by atoms with Crippen LogP contribution in [0.5, 0.6) is 0 Å². The van der Waals surface area contributed by atoms with E-state index >= 15 is 0 Å². The third-order valence-electron chi connectivity index (χ3n) is 5.39. The maximum absolute atomic E-state index is 2.45. The van der Waals surface area contributed by atoms with Crippen molar-refractivity contribution in [2.75, 3.05) is 0 Å². The smallest absolute Gasteiger partial charge is 0.00955 e. The molecule has 0 N–H and O–H groups in total. The van der Waals surface area contributed by atoms with Gasteiger partial charge in [-0.2, -0.15) is 0 Å². The first kappa shape index (κ1) is 16.7. The second-order valence-corrected chi connectivity index (χ2v) is 9.87. The molecule has 122 valence electrons. The van der Waals surface area contributed by atoms with E-state index in [4.69, 9.17) is 0 Å². The van der Waals surface area contributed by atoms with Crippen LogP contribution in [-0.4, -0.2) is 5.66 Å². The van der Waals surface area contributed by atoms with Gasteiger partial charge in [-0.3, -0.25) is 0 Å². The molecule has 0 bridgehead atoms. The van der Waals surface area contributed by atoms with E-state index < -0.39 is 0 Å². The van der Waals surface area contributed by atoms with Crippen molar-refractivity contribution >= 4 is 18.5 Å². The maximum Gasteiger partial charge on any atom is -0.00955 e. The first-order chi connectivity index (χ1) is 11.2. The van der Waals surface area contributed by atoms with Gasteiger partial charge in [0.25, 0.3) is 0 Å². The summed E-state index contributed by atoms with van der Waals surface area (Å²) >= 11 is 0. The predicted octanol–water partition coefficient (Wildman–Crippen LogP) is 5.58. The molecule has 0 saturated heterocycles. The fourth-order valence-electron chi connectivity index (χ4n) is 4.16. The number of hydrogen-bond donors (Lipinski definition) is 0. The zero-order valence-electron chi connectivity index (χ0n) is 14.7. The lowest BCUT2D eigenvalue weighted by Gasteiger charge is -2.42. The average Bonchev–Trinajstić information content (AvgIpc) is 2.57. The summed E-state index contributed by atoms with van der Waals surface area (Å²) in [7, 11) is -0.267. The van der Waals surface area contributed by atoms with Crippen LogP contribution in [0, 0.1) is 17.8 Å². The summed E-state index contributed by atoms with van der Waals surface area (Å²) in [5.41, 5.74) is 0.818. The van der Waals surface area contributed by atoms with Gasteiger partial charge in [0.15, 0.2) is 0 Å². The molecule has 0 unspecified atom stereocenters. The molecular weight excluding hydrogens is 295 g/mol. The normalized spacial score (nSPS) is 25.0. The van der Waals surface area contributed by atoms with Gasteiger partial charge >= 0.3 is 0 Å². The Labute approximate surface area is 143 Å². The SMILES string of the molecule is CC(C)[C@H]1CC[C@@H](C)C[C@H]1P(c1ccccc1)c1ccccc1. The molecule has 0 aliphatic heterocycles. The maximum atomic E-state index is 2.45. The number of benzene rings is 2. The average molecular weight is 324 g/mol. The highest BCUT2D eigenvalue weighted by Gasteiger charge is 2.37. The van der Waals surface area contributed by atoms with E-state index in [0.717, 1.165) is 23.4 Å². The van der Waals surface area contributed by atoms with E-state index in [-0.39, 0.29) is 7.92 Å². The van der Waals surface area contributed by atoms with E-state index in [9.17, 15) is 0 Å². The first-order valence-corrected chi connectivity index (χ1v) is 10.5. The molecule has 0 spiro atoms. The second kappa shape index (κ2) is 7.63. The molecule has 1 aliphatic rings. The Morgan fingerprint density at radius 1 is 0.826 bits per heavy atom. The van der Waals surface area contributed by atoms with Gasteiger partial charge in [0.05, 0.1) is 0 Å². The Balaban J connectivity index is 2.03. The van der Waals surface area contributed by atoms with Crippen LogP contribution in [0.25, 0.3) is 0 Å². The molecule has 1 saturated carbocycles. The van der Waals surface area contributed by atoms with Gasteiger partial charge in [-0.15, -0.1) is 0 Å². The lowest BCUT2D eigenvalue weighted by atomic mass is 9.77. The summed E-state index contributed by atoms with van der Waals surface area (Å²) in [5, 5.41) is 3.11. The summed E-state index contributed by atoms with van der Waals surface area (Å²) in [5.74, 6) is 2.51. The van der Waals surface area contributed by atoms with Gasteiger partial charge in [-0.25, -0.2) is 0 Å². The zero-order chi connectivity index (χ0) is 16.2. The molecule has 0 nitrogen and oxygen atoms in total. The first-order valence-electron chi connectivity index (χ1n) is 9.06. The second-order valence-electron chi connectivity index (χ2n) is 7.43. The highest BCUT2D eigenvalue weighted by molar-refractivity contribution is 7.73. The van der Waals surface area contributed by atoms with Crippen molar-refractivity contribution < 1.29 is 0 Å². The van der Waals surface area contributed by atoms with E-state index in [2.05, 4.69) is 81.4 Å². The fraction of sp³-hybridized carbons (Fsp3) is 0.455. The van der Waals surface area contributed by atoms with Crippen LogP contribution < -0.4 is 10.6 Å². The fourth-order valence-corrected chi connectivity index (χ4v) is 7.66. The highest BCUT2D eigenvalue weighted by Crippen LogP contribution is 2.51. The van der Waals surface area contributed by atoms with Gasteiger partial charge in [0.2, 0.25) is 0 Å². The summed E-state index contributed by atoms with van der Waals surface area (Å²) in [6, 6.07) is 22.6. The van der Waals surface area contributed by atoms with Crippen molar-refractivity contribution in [3.63, 3.8) is 0 Å². The van der Waals surface area contributed by atoms with E-state index in [1.807, 2.05) is 0 Å². The molecule has 0 aromatic heterocycles. The van der Waals surface area contributed by atoms with Crippen molar-refractivity contribution in [3.05, 3.63) is 60.7 Å². The van der Waals surface area contributed by atoms with Gasteiger partial charge < -0.3 is 0 Å². The Kier molecular flexibility index (Phi) is 5.54. The third kappa shape index (κ3) is 3.86. The minimum absolute atomic E-state index is 0.267. The number of hydrogen-bond acceptors (Lipinski definition) is 0. The van der Waals surface area contributed by atoms with Gasteiger partial charge in [-0.1, -0.05) is 87.9 Å². The molecule has 2 aromatic rings. The molecule has 1 heteroatoms. The van der Waals surface area contributed by atoms with Crippen molar-refractivity contribution in [2.24, 2.45) is 17.8 Å². The molecule has 3 rings (SSSR count). The molecule has 0 radical (unpaired) electrons. The summed E-state index contributed by atoms with van der Waals surface area (Å²) in [6.07, 6.45) is 4.20. The van der Waals surface area contributed by atoms with E-state index in [1.54, 1.807) is 10.6 Å². The van der Waals surface area contributed by atoms with Crippen LogP contribution in [0.3, 0.4) is 0 Å². The highest BCUT2D eigenvalue weighted by atomic mass is 31.1. The van der Waals surface area contributed by atoms with Crippen molar-refractivity contribution in [3.8, 4) is 0 Å². The van der Waals surface area contributed by atoms with Crippen LogP contribution in [0.1, 0.15) is 40.0 Å². The standard InChI is InChI=1S/C22H29P/c1-17(2)21-15-14-18(3)16-22(21)23(19-10-6-4-7-11-19)20-12-8-5-9-13-20/h4-13,17-18,21-22H,14-16H2,1-3H3/t18-,21-,22-/m1/s1. The van der Waals surface area contributed by atoms with Crippen LogP contribution in [0.2, 0.25) is 0 Å². The molecule has 1 fully saturated rings. The Morgan fingerprint density at radius 2 is 1.35 bits per heavy atom. The molecular formula is C22H29P. The minimum atomic E-state index is -0.267. The Morgan fingerprint density at radius 3 is 1.83 bits per heavy atom. The van der Waals surface area contributed by atoms with Crippen molar-refractivity contribution in [1.29, 1.82) is 0 Å². The van der Waals surface area contributed by atoms with Gasteiger partial charge in [0, 0.05) is 0 Å². The molecule has 1 aliphatic carbocycles. The molecule has 0 heterocycles. The molecule has 3 atom stereocenters. The predicted molar refractivity (Wildman–Crippen MR) is 104 cm³/mol. The number of rotatable bonds is 4. The monoisotopic (exact) mass is 324 g/mol.